The van der Waals surface area contributed by atoms with Gasteiger partial charge in [0.1, 0.15) is 0 Å². The summed E-state index contributed by atoms with van der Waals surface area (Å²) in [4.78, 5) is 0. The van der Waals surface area contributed by atoms with Gasteiger partial charge in [0, 0.05) is 0 Å². The van der Waals surface area contributed by atoms with Crippen molar-refractivity contribution in [2.75, 3.05) is 0 Å². The molecular weight excluding hydrogens is 225 g/mol. The molecule has 1 atom stereocenters. The zero-order valence-corrected chi connectivity index (χ0v) is 11.9. The van der Waals surface area contributed by atoms with Crippen molar-refractivity contribution in [2.24, 2.45) is 10.8 Å². The quantitative estimate of drug-likeness (QED) is 0.524. The van der Waals surface area contributed by atoms with Crippen LogP contribution in [-0.4, -0.2) is 6.18 Å². The second-order valence-corrected chi connectivity index (χ2v) is 5.83. The number of halogens is 3. The summed E-state index contributed by atoms with van der Waals surface area (Å²) in [5.41, 5.74) is -1.45. The molecule has 0 aromatic rings. The number of alkyl halides is 3. The first-order valence-corrected chi connectivity index (χ1v) is 6.71. The van der Waals surface area contributed by atoms with Crippen LogP contribution < -0.4 is 0 Å². The van der Waals surface area contributed by atoms with Crippen molar-refractivity contribution >= 4 is 0 Å². The van der Waals surface area contributed by atoms with Crippen molar-refractivity contribution < 1.29 is 13.2 Å². The van der Waals surface area contributed by atoms with Crippen molar-refractivity contribution in [3.05, 3.63) is 0 Å². The van der Waals surface area contributed by atoms with Crippen LogP contribution in [-0.2, 0) is 0 Å². The zero-order valence-electron chi connectivity index (χ0n) is 11.9. The van der Waals surface area contributed by atoms with Gasteiger partial charge in [-0.25, -0.2) is 0 Å². The normalized spacial score (nSPS) is 16.9. The van der Waals surface area contributed by atoms with Gasteiger partial charge in [0.2, 0.25) is 0 Å². The van der Waals surface area contributed by atoms with Gasteiger partial charge in [-0.3, -0.25) is 0 Å². The largest absolute Gasteiger partial charge is 0.394 e. The summed E-state index contributed by atoms with van der Waals surface area (Å²) in [5, 5.41) is 0. The number of rotatable bonds is 7. The van der Waals surface area contributed by atoms with E-state index >= 15 is 0 Å². The minimum Gasteiger partial charge on any atom is -0.171 e. The summed E-state index contributed by atoms with van der Waals surface area (Å²) >= 11 is 0. The van der Waals surface area contributed by atoms with Crippen molar-refractivity contribution in [3.63, 3.8) is 0 Å². The third kappa shape index (κ3) is 4.51. The SMILES string of the molecule is CCCC(C)(CCC(C)(CC)CC)C(F)(F)F. The molecule has 0 aliphatic rings. The highest BCUT2D eigenvalue weighted by Crippen LogP contribution is 2.47. The summed E-state index contributed by atoms with van der Waals surface area (Å²) in [6.07, 6.45) is -0.442. The van der Waals surface area contributed by atoms with Gasteiger partial charge in [0.25, 0.3) is 0 Å². The van der Waals surface area contributed by atoms with Gasteiger partial charge in [-0.1, -0.05) is 53.9 Å². The molecule has 0 aliphatic carbocycles. The monoisotopic (exact) mass is 252 g/mol. The van der Waals surface area contributed by atoms with E-state index in [9.17, 15) is 13.2 Å². The molecule has 1 unspecified atom stereocenters. The highest BCUT2D eigenvalue weighted by molar-refractivity contribution is 4.84. The molecule has 0 saturated heterocycles. The van der Waals surface area contributed by atoms with Gasteiger partial charge in [0.15, 0.2) is 0 Å². The van der Waals surface area contributed by atoms with E-state index in [-0.39, 0.29) is 18.3 Å². The van der Waals surface area contributed by atoms with E-state index in [0.717, 1.165) is 12.8 Å². The Bertz CT molecular complexity index is 216. The summed E-state index contributed by atoms with van der Waals surface area (Å²) in [6.45, 7) is 9.42. The first-order valence-electron chi connectivity index (χ1n) is 6.71. The first-order chi connectivity index (χ1) is 7.64. The topological polar surface area (TPSA) is 0 Å². The van der Waals surface area contributed by atoms with Crippen LogP contribution >= 0.6 is 0 Å². The Hall–Kier alpha value is -0.210. The Morgan fingerprint density at radius 3 is 1.53 bits per heavy atom. The van der Waals surface area contributed by atoms with E-state index in [1.165, 1.54) is 6.92 Å². The zero-order chi connectivity index (χ0) is 13.7. The Balaban J connectivity index is 4.68. The average molecular weight is 252 g/mol. The van der Waals surface area contributed by atoms with Crippen LogP contribution in [0.25, 0.3) is 0 Å². The van der Waals surface area contributed by atoms with Crippen molar-refractivity contribution in [1.82, 2.24) is 0 Å². The summed E-state index contributed by atoms with van der Waals surface area (Å²) in [5.74, 6) is 0. The maximum absolute atomic E-state index is 13.1. The Kier molecular flexibility index (Phi) is 6.03. The maximum Gasteiger partial charge on any atom is 0.394 e. The number of hydrogen-bond donors (Lipinski definition) is 0. The summed E-state index contributed by atoms with van der Waals surface area (Å²) in [6, 6.07) is 0. The third-order valence-corrected chi connectivity index (χ3v) is 4.47. The molecule has 17 heavy (non-hydrogen) atoms. The van der Waals surface area contributed by atoms with Crippen LogP contribution in [0, 0.1) is 10.8 Å². The van der Waals surface area contributed by atoms with Gasteiger partial charge in [-0.05, 0) is 24.7 Å². The van der Waals surface area contributed by atoms with Crippen molar-refractivity contribution in [3.8, 4) is 0 Å². The molecule has 0 bridgehead atoms. The van der Waals surface area contributed by atoms with Crippen LogP contribution in [0.5, 0.6) is 0 Å². The van der Waals surface area contributed by atoms with Gasteiger partial charge < -0.3 is 0 Å². The van der Waals surface area contributed by atoms with Crippen LogP contribution in [0.2, 0.25) is 0 Å². The molecule has 0 radical (unpaired) electrons. The second-order valence-electron chi connectivity index (χ2n) is 5.83. The van der Waals surface area contributed by atoms with Gasteiger partial charge in [-0.2, -0.15) is 13.2 Å². The molecule has 0 amide bonds. The minimum atomic E-state index is -4.08. The standard InChI is InChI=1S/C14H27F3/c1-6-9-13(5,14(15,16)17)11-10-12(4,7-2)8-3/h6-11H2,1-5H3. The minimum absolute atomic E-state index is 0.0558. The lowest BCUT2D eigenvalue weighted by Gasteiger charge is -2.36. The highest BCUT2D eigenvalue weighted by atomic mass is 19.4. The summed E-state index contributed by atoms with van der Waals surface area (Å²) < 4.78 is 39.2. The molecule has 0 aliphatic heterocycles. The molecule has 0 rings (SSSR count). The van der Waals surface area contributed by atoms with E-state index < -0.39 is 11.6 Å². The Labute approximate surface area is 104 Å². The molecule has 0 N–H and O–H groups in total. The van der Waals surface area contributed by atoms with Gasteiger partial charge in [-0.15, -0.1) is 0 Å². The fourth-order valence-electron chi connectivity index (χ4n) is 2.14. The molecule has 3 heteroatoms. The van der Waals surface area contributed by atoms with Gasteiger partial charge in [0.05, 0.1) is 5.41 Å². The van der Waals surface area contributed by atoms with E-state index in [1.807, 2.05) is 6.92 Å². The highest BCUT2D eigenvalue weighted by Gasteiger charge is 2.50. The average Bonchev–Trinajstić information content (AvgIpc) is 2.25. The molecule has 104 valence electrons. The van der Waals surface area contributed by atoms with E-state index in [1.54, 1.807) is 0 Å². The molecule has 0 fully saturated rings. The fraction of sp³-hybridized carbons (Fsp3) is 1.00. The molecule has 0 aromatic heterocycles. The van der Waals surface area contributed by atoms with Crippen LogP contribution in [0.1, 0.15) is 73.1 Å². The molecule has 0 nitrogen and oxygen atoms in total. The van der Waals surface area contributed by atoms with Gasteiger partial charge >= 0.3 is 6.18 Å². The lowest BCUT2D eigenvalue weighted by atomic mass is 9.72. The smallest absolute Gasteiger partial charge is 0.171 e. The van der Waals surface area contributed by atoms with Crippen molar-refractivity contribution in [2.45, 2.75) is 79.3 Å². The summed E-state index contributed by atoms with van der Waals surface area (Å²) in [7, 11) is 0. The maximum atomic E-state index is 13.1. The predicted octanol–water partition coefficient (Wildman–Crippen LogP) is 5.96. The predicted molar refractivity (Wildman–Crippen MR) is 67.0 cm³/mol. The fourth-order valence-corrected chi connectivity index (χ4v) is 2.14. The van der Waals surface area contributed by atoms with E-state index in [0.29, 0.717) is 12.8 Å². The molecule has 0 heterocycles. The molecule has 0 saturated carbocycles. The van der Waals surface area contributed by atoms with Crippen LogP contribution in [0.4, 0.5) is 13.2 Å². The third-order valence-electron chi connectivity index (χ3n) is 4.47. The van der Waals surface area contributed by atoms with Crippen molar-refractivity contribution in [1.29, 1.82) is 0 Å². The van der Waals surface area contributed by atoms with Crippen LogP contribution in [0.3, 0.4) is 0 Å². The lowest BCUT2D eigenvalue weighted by molar-refractivity contribution is -0.224. The molecule has 0 aromatic carbocycles. The molecule has 0 spiro atoms. The lowest BCUT2D eigenvalue weighted by Crippen LogP contribution is -2.36. The second kappa shape index (κ2) is 6.10. The van der Waals surface area contributed by atoms with E-state index in [4.69, 9.17) is 0 Å². The number of hydrogen-bond acceptors (Lipinski definition) is 0. The first kappa shape index (κ1) is 16.8. The Morgan fingerprint density at radius 1 is 0.765 bits per heavy atom. The molecular formula is C14H27F3. The Morgan fingerprint density at radius 2 is 1.24 bits per heavy atom. The van der Waals surface area contributed by atoms with Crippen LogP contribution in [0.15, 0.2) is 0 Å². The van der Waals surface area contributed by atoms with E-state index in [2.05, 4.69) is 20.8 Å².